The van der Waals surface area contributed by atoms with E-state index in [0.717, 1.165) is 34.4 Å². The molecule has 3 rings (SSSR count). The Hall–Kier alpha value is -3.28. The molecule has 2 aromatic carbocycles. The van der Waals surface area contributed by atoms with Crippen molar-refractivity contribution in [2.75, 3.05) is 17.7 Å². The van der Waals surface area contributed by atoms with Crippen molar-refractivity contribution in [3.05, 3.63) is 66.0 Å². The van der Waals surface area contributed by atoms with E-state index in [1.54, 1.807) is 7.11 Å². The minimum atomic E-state index is 0.155. The van der Waals surface area contributed by atoms with E-state index in [1.165, 1.54) is 0 Å². The Balaban J connectivity index is 1.65. The molecule has 0 bridgehead atoms. The molecule has 1 aromatic heterocycles. The van der Waals surface area contributed by atoms with Crippen LogP contribution in [-0.4, -0.2) is 23.2 Å². The van der Waals surface area contributed by atoms with Gasteiger partial charge in [0.05, 0.1) is 13.2 Å². The Bertz CT molecular complexity index is 893. The van der Waals surface area contributed by atoms with Crippen molar-refractivity contribution < 1.29 is 9.47 Å². The third kappa shape index (κ3) is 5.61. The summed E-state index contributed by atoms with van der Waals surface area (Å²) in [6.45, 7) is 6.57. The molecule has 0 aliphatic heterocycles. The fraction of sp³-hybridized carbons (Fsp3) is 0.273. The monoisotopic (exact) mass is 378 g/mol. The lowest BCUT2D eigenvalue weighted by atomic mass is 10.2. The van der Waals surface area contributed by atoms with E-state index >= 15 is 0 Å². The summed E-state index contributed by atoms with van der Waals surface area (Å²) >= 11 is 0. The molecule has 0 aliphatic carbocycles. The number of benzene rings is 2. The first-order valence-corrected chi connectivity index (χ1v) is 9.28. The number of hydrogen-bond donors (Lipinski definition) is 2. The smallest absolute Gasteiger partial charge is 0.136 e. The summed E-state index contributed by atoms with van der Waals surface area (Å²) in [4.78, 5) is 8.93. The van der Waals surface area contributed by atoms with E-state index < -0.39 is 0 Å². The maximum absolute atomic E-state index is 5.67. The van der Waals surface area contributed by atoms with Crippen molar-refractivity contribution in [3.8, 4) is 11.5 Å². The molecule has 0 unspecified atom stereocenters. The summed E-state index contributed by atoms with van der Waals surface area (Å²) in [7, 11) is 1.66. The van der Waals surface area contributed by atoms with E-state index in [0.29, 0.717) is 12.4 Å². The van der Waals surface area contributed by atoms with Crippen molar-refractivity contribution in [2.45, 2.75) is 33.4 Å². The molecule has 1 heterocycles. The molecule has 0 amide bonds. The number of nitrogens with one attached hydrogen (secondary N) is 2. The largest absolute Gasteiger partial charge is 0.497 e. The highest BCUT2D eigenvalue weighted by molar-refractivity contribution is 5.60. The van der Waals surface area contributed by atoms with Crippen LogP contribution in [0.3, 0.4) is 0 Å². The Kier molecular flexibility index (Phi) is 6.32. The van der Waals surface area contributed by atoms with Gasteiger partial charge in [-0.2, -0.15) is 0 Å². The number of methoxy groups -OCH3 is 1. The minimum absolute atomic E-state index is 0.155. The van der Waals surface area contributed by atoms with Crippen LogP contribution in [0.15, 0.2) is 54.6 Å². The third-order valence-electron chi connectivity index (χ3n) is 3.97. The summed E-state index contributed by atoms with van der Waals surface area (Å²) in [6, 6.07) is 17.7. The van der Waals surface area contributed by atoms with Gasteiger partial charge in [0.1, 0.15) is 29.0 Å². The van der Waals surface area contributed by atoms with Crippen LogP contribution in [0.1, 0.15) is 25.2 Å². The van der Waals surface area contributed by atoms with Gasteiger partial charge in [0.15, 0.2) is 0 Å². The van der Waals surface area contributed by atoms with Crippen LogP contribution in [-0.2, 0) is 6.54 Å². The van der Waals surface area contributed by atoms with Crippen molar-refractivity contribution in [2.24, 2.45) is 0 Å². The second-order valence-electron chi connectivity index (χ2n) is 6.70. The van der Waals surface area contributed by atoms with Gasteiger partial charge in [0.2, 0.25) is 0 Å². The molecule has 0 saturated heterocycles. The molecule has 146 valence electrons. The molecule has 6 nitrogen and oxygen atoms in total. The van der Waals surface area contributed by atoms with E-state index in [4.69, 9.17) is 9.47 Å². The Morgan fingerprint density at radius 3 is 2.18 bits per heavy atom. The molecule has 3 aromatic rings. The Labute approximate surface area is 166 Å². The lowest BCUT2D eigenvalue weighted by Crippen LogP contribution is -2.06. The molecule has 0 radical (unpaired) electrons. The van der Waals surface area contributed by atoms with E-state index in [-0.39, 0.29) is 6.10 Å². The predicted octanol–water partition coefficient (Wildman–Crippen LogP) is 4.94. The van der Waals surface area contributed by atoms with Crippen LogP contribution >= 0.6 is 0 Å². The zero-order valence-corrected chi connectivity index (χ0v) is 16.7. The summed E-state index contributed by atoms with van der Waals surface area (Å²) in [5, 5.41) is 6.66. The highest BCUT2D eigenvalue weighted by atomic mass is 16.5. The van der Waals surface area contributed by atoms with E-state index in [9.17, 15) is 0 Å². The highest BCUT2D eigenvalue weighted by Gasteiger charge is 2.04. The standard InChI is InChI=1S/C22H26N4O2/c1-15(2)28-20-11-7-18(8-12-20)26-22-13-21(24-16(3)25-22)23-14-17-5-9-19(27-4)10-6-17/h5-13,15H,14H2,1-4H3,(H2,23,24,25,26). The number of aryl methyl sites for hydroxylation is 1. The van der Waals surface area contributed by atoms with Crippen molar-refractivity contribution >= 4 is 17.3 Å². The van der Waals surface area contributed by atoms with Gasteiger partial charge in [-0.05, 0) is 62.7 Å². The van der Waals surface area contributed by atoms with Gasteiger partial charge in [0.25, 0.3) is 0 Å². The summed E-state index contributed by atoms with van der Waals surface area (Å²) in [5.74, 6) is 3.90. The zero-order valence-electron chi connectivity index (χ0n) is 16.7. The summed E-state index contributed by atoms with van der Waals surface area (Å²) in [5.41, 5.74) is 2.09. The Morgan fingerprint density at radius 2 is 1.54 bits per heavy atom. The highest BCUT2D eigenvalue weighted by Crippen LogP contribution is 2.21. The minimum Gasteiger partial charge on any atom is -0.497 e. The first-order valence-electron chi connectivity index (χ1n) is 9.28. The van der Waals surface area contributed by atoms with Gasteiger partial charge < -0.3 is 20.1 Å². The lowest BCUT2D eigenvalue weighted by molar-refractivity contribution is 0.242. The fourth-order valence-corrected chi connectivity index (χ4v) is 2.70. The number of ether oxygens (including phenoxy) is 2. The first-order chi connectivity index (χ1) is 13.5. The van der Waals surface area contributed by atoms with Gasteiger partial charge in [-0.3, -0.25) is 0 Å². The maximum Gasteiger partial charge on any atom is 0.136 e. The average Bonchev–Trinajstić information content (AvgIpc) is 2.67. The van der Waals surface area contributed by atoms with Crippen molar-refractivity contribution in [1.29, 1.82) is 0 Å². The first kappa shape index (κ1) is 19.5. The van der Waals surface area contributed by atoms with E-state index in [2.05, 4.69) is 20.6 Å². The maximum atomic E-state index is 5.67. The molecule has 0 aliphatic rings. The molecule has 0 spiro atoms. The molecule has 2 N–H and O–H groups in total. The van der Waals surface area contributed by atoms with Crippen LogP contribution in [0.5, 0.6) is 11.5 Å². The van der Waals surface area contributed by atoms with Gasteiger partial charge in [-0.25, -0.2) is 9.97 Å². The molecule has 0 atom stereocenters. The number of rotatable bonds is 8. The summed E-state index contributed by atoms with van der Waals surface area (Å²) in [6.07, 6.45) is 0.155. The van der Waals surface area contributed by atoms with E-state index in [1.807, 2.05) is 75.4 Å². The van der Waals surface area contributed by atoms with Gasteiger partial charge in [-0.15, -0.1) is 0 Å². The SMILES string of the molecule is COc1ccc(CNc2cc(Nc3ccc(OC(C)C)cc3)nc(C)n2)cc1. The van der Waals surface area contributed by atoms with Crippen LogP contribution in [0, 0.1) is 6.92 Å². The number of aromatic nitrogens is 2. The van der Waals surface area contributed by atoms with Crippen LogP contribution in [0.25, 0.3) is 0 Å². The van der Waals surface area contributed by atoms with Crippen LogP contribution < -0.4 is 20.1 Å². The van der Waals surface area contributed by atoms with Gasteiger partial charge in [0, 0.05) is 18.3 Å². The van der Waals surface area contributed by atoms with Crippen LogP contribution in [0.2, 0.25) is 0 Å². The molecular formula is C22H26N4O2. The summed E-state index contributed by atoms with van der Waals surface area (Å²) < 4.78 is 10.9. The van der Waals surface area contributed by atoms with Crippen LogP contribution in [0.4, 0.5) is 17.3 Å². The van der Waals surface area contributed by atoms with Crippen molar-refractivity contribution in [1.82, 2.24) is 9.97 Å². The Morgan fingerprint density at radius 1 is 0.893 bits per heavy atom. The number of anilines is 3. The molecular weight excluding hydrogens is 352 g/mol. The van der Waals surface area contributed by atoms with Gasteiger partial charge in [-0.1, -0.05) is 12.1 Å². The molecule has 28 heavy (non-hydrogen) atoms. The fourth-order valence-electron chi connectivity index (χ4n) is 2.70. The molecule has 6 heteroatoms. The normalized spacial score (nSPS) is 10.6. The molecule has 0 fully saturated rings. The second-order valence-corrected chi connectivity index (χ2v) is 6.70. The number of hydrogen-bond acceptors (Lipinski definition) is 6. The molecule has 0 saturated carbocycles. The van der Waals surface area contributed by atoms with Crippen molar-refractivity contribution in [3.63, 3.8) is 0 Å². The zero-order chi connectivity index (χ0) is 19.9. The van der Waals surface area contributed by atoms with Gasteiger partial charge >= 0.3 is 0 Å². The third-order valence-corrected chi connectivity index (χ3v) is 3.97. The topological polar surface area (TPSA) is 68.3 Å². The predicted molar refractivity (Wildman–Crippen MR) is 113 cm³/mol. The second kappa shape index (κ2) is 9.08. The quantitative estimate of drug-likeness (QED) is 0.579. The number of nitrogens with zero attached hydrogens (tertiary/aromatic N) is 2. The lowest BCUT2D eigenvalue weighted by Gasteiger charge is -2.12. The average molecular weight is 378 g/mol.